The van der Waals surface area contributed by atoms with Crippen LogP contribution in [0.1, 0.15) is 12.0 Å². The third-order valence-corrected chi connectivity index (χ3v) is 4.04. The SMILES string of the molecule is O=[N+]([O-])c1cc(C2=NC3C=C(Cl)C=CC3O2)ccc1NCCC(F)(F)F. The van der Waals surface area contributed by atoms with Crippen molar-refractivity contribution in [3.8, 4) is 0 Å². The Hall–Kier alpha value is -2.55. The normalized spacial score (nSPS) is 21.5. The molecule has 0 saturated carbocycles. The van der Waals surface area contributed by atoms with Gasteiger partial charge in [-0.05, 0) is 30.4 Å². The zero-order chi connectivity index (χ0) is 18.9. The van der Waals surface area contributed by atoms with Crippen LogP contribution < -0.4 is 5.32 Å². The summed E-state index contributed by atoms with van der Waals surface area (Å²) in [5.74, 6) is 0.220. The Morgan fingerprint density at radius 1 is 1.38 bits per heavy atom. The van der Waals surface area contributed by atoms with Crippen molar-refractivity contribution in [3.63, 3.8) is 0 Å². The highest BCUT2D eigenvalue weighted by Gasteiger charge is 2.31. The number of nitro groups is 1. The molecule has 2 atom stereocenters. The van der Waals surface area contributed by atoms with Crippen LogP contribution in [-0.2, 0) is 4.74 Å². The number of nitrogens with one attached hydrogen (secondary N) is 1. The van der Waals surface area contributed by atoms with E-state index in [-0.39, 0.29) is 29.4 Å². The Balaban J connectivity index is 1.80. The first-order valence-electron chi connectivity index (χ1n) is 7.62. The predicted molar refractivity (Wildman–Crippen MR) is 90.5 cm³/mol. The zero-order valence-electron chi connectivity index (χ0n) is 13.2. The fourth-order valence-electron chi connectivity index (χ4n) is 2.58. The molecule has 0 fully saturated rings. The summed E-state index contributed by atoms with van der Waals surface area (Å²) in [7, 11) is 0. The molecule has 2 unspecified atom stereocenters. The van der Waals surface area contributed by atoms with Crippen molar-refractivity contribution in [2.24, 2.45) is 4.99 Å². The molecule has 1 aliphatic carbocycles. The van der Waals surface area contributed by atoms with Crippen molar-refractivity contribution < 1.29 is 22.8 Å². The Kier molecular flexibility index (Phi) is 4.90. The van der Waals surface area contributed by atoms with Crippen molar-refractivity contribution in [3.05, 3.63) is 57.1 Å². The summed E-state index contributed by atoms with van der Waals surface area (Å²) in [4.78, 5) is 14.9. The van der Waals surface area contributed by atoms with Crippen LogP contribution in [0, 0.1) is 10.1 Å². The van der Waals surface area contributed by atoms with E-state index in [2.05, 4.69) is 10.3 Å². The zero-order valence-corrected chi connectivity index (χ0v) is 13.9. The molecular weight excluding hydrogens is 375 g/mol. The Morgan fingerprint density at radius 3 is 2.85 bits per heavy atom. The number of hydrogen-bond donors (Lipinski definition) is 1. The fourth-order valence-corrected chi connectivity index (χ4v) is 2.78. The molecule has 1 aliphatic heterocycles. The highest BCUT2D eigenvalue weighted by atomic mass is 35.5. The number of fused-ring (bicyclic) bond motifs is 1. The number of hydrogen-bond acceptors (Lipinski definition) is 5. The average Bonchev–Trinajstić information content (AvgIpc) is 2.96. The van der Waals surface area contributed by atoms with E-state index in [0.29, 0.717) is 10.6 Å². The van der Waals surface area contributed by atoms with Gasteiger partial charge in [0.05, 0.1) is 11.3 Å². The quantitative estimate of drug-likeness (QED) is 0.607. The number of nitrogens with zero attached hydrogens (tertiary/aromatic N) is 2. The number of aliphatic imine (C=N–C) groups is 1. The van der Waals surface area contributed by atoms with Gasteiger partial charge in [0.2, 0.25) is 5.90 Å². The first-order chi connectivity index (χ1) is 12.2. The molecule has 2 aliphatic rings. The van der Waals surface area contributed by atoms with Crippen molar-refractivity contribution in [1.29, 1.82) is 0 Å². The first-order valence-corrected chi connectivity index (χ1v) is 8.00. The first kappa shape index (κ1) is 18.2. The second kappa shape index (κ2) is 6.99. The summed E-state index contributed by atoms with van der Waals surface area (Å²) in [5, 5.41) is 14.2. The molecule has 1 heterocycles. The number of allylic oxidation sites excluding steroid dienone is 2. The number of benzene rings is 1. The highest BCUT2D eigenvalue weighted by molar-refractivity contribution is 6.31. The molecule has 0 radical (unpaired) electrons. The van der Waals surface area contributed by atoms with Crippen molar-refractivity contribution in [1.82, 2.24) is 0 Å². The molecule has 0 bridgehead atoms. The molecule has 0 amide bonds. The maximum absolute atomic E-state index is 12.2. The fraction of sp³-hybridized carbons (Fsp3) is 0.312. The van der Waals surface area contributed by atoms with E-state index in [1.54, 1.807) is 18.2 Å². The van der Waals surface area contributed by atoms with Gasteiger partial charge in [0.15, 0.2) is 0 Å². The summed E-state index contributed by atoms with van der Waals surface area (Å²) in [6, 6.07) is 3.76. The third-order valence-electron chi connectivity index (χ3n) is 3.79. The molecule has 6 nitrogen and oxygen atoms in total. The summed E-state index contributed by atoms with van der Waals surface area (Å²) in [6.45, 7) is -0.459. The van der Waals surface area contributed by atoms with Crippen LogP contribution in [0.2, 0.25) is 0 Å². The number of rotatable bonds is 5. The average molecular weight is 388 g/mol. The van der Waals surface area contributed by atoms with E-state index in [4.69, 9.17) is 16.3 Å². The van der Waals surface area contributed by atoms with Gasteiger partial charge in [0.1, 0.15) is 17.8 Å². The Bertz CT molecular complexity index is 821. The summed E-state index contributed by atoms with van der Waals surface area (Å²) in [6.07, 6.45) is -0.642. The van der Waals surface area contributed by atoms with E-state index in [1.807, 2.05) is 0 Å². The predicted octanol–water partition coefficient (Wildman–Crippen LogP) is 4.17. The molecule has 0 spiro atoms. The van der Waals surface area contributed by atoms with Crippen LogP contribution in [-0.4, -0.2) is 35.7 Å². The minimum atomic E-state index is -4.34. The van der Waals surface area contributed by atoms with Crippen LogP contribution >= 0.6 is 11.6 Å². The second-order valence-electron chi connectivity index (χ2n) is 5.70. The van der Waals surface area contributed by atoms with E-state index < -0.39 is 24.1 Å². The lowest BCUT2D eigenvalue weighted by Crippen LogP contribution is -2.20. The summed E-state index contributed by atoms with van der Waals surface area (Å²) in [5.41, 5.74) is 0.0159. The molecule has 138 valence electrons. The lowest BCUT2D eigenvalue weighted by atomic mass is 10.1. The highest BCUT2D eigenvalue weighted by Crippen LogP contribution is 2.31. The monoisotopic (exact) mass is 387 g/mol. The Morgan fingerprint density at radius 2 is 2.15 bits per heavy atom. The number of ether oxygens (including phenoxy) is 1. The minimum Gasteiger partial charge on any atom is -0.467 e. The second-order valence-corrected chi connectivity index (χ2v) is 6.14. The summed E-state index contributed by atoms with van der Waals surface area (Å²) >= 11 is 5.92. The maximum Gasteiger partial charge on any atom is 0.390 e. The molecule has 1 N–H and O–H groups in total. The van der Waals surface area contributed by atoms with Crippen molar-refractivity contribution >= 4 is 28.9 Å². The van der Waals surface area contributed by atoms with Crippen LogP contribution in [0.5, 0.6) is 0 Å². The van der Waals surface area contributed by atoms with Crippen molar-refractivity contribution in [2.45, 2.75) is 24.7 Å². The molecule has 0 saturated heterocycles. The van der Waals surface area contributed by atoms with Crippen LogP contribution in [0.25, 0.3) is 0 Å². The molecular formula is C16H13ClF3N3O3. The van der Waals surface area contributed by atoms with E-state index in [0.717, 1.165) is 0 Å². The standard InChI is InChI=1S/C16H13ClF3N3O3/c17-10-2-4-14-12(8-10)22-15(26-14)9-1-3-11(13(7-9)23(24)25)21-6-5-16(18,19)20/h1-4,7-8,12,14,21H,5-6H2. The number of anilines is 1. The lowest BCUT2D eigenvalue weighted by Gasteiger charge is -2.14. The number of alkyl halides is 3. The number of nitro benzene ring substituents is 1. The van der Waals surface area contributed by atoms with Crippen LogP contribution in [0.15, 0.2) is 46.5 Å². The van der Waals surface area contributed by atoms with Gasteiger partial charge in [-0.3, -0.25) is 10.1 Å². The van der Waals surface area contributed by atoms with Gasteiger partial charge in [0.25, 0.3) is 5.69 Å². The Labute approximate surface area is 151 Å². The molecule has 3 rings (SSSR count). The molecule has 1 aromatic rings. The van der Waals surface area contributed by atoms with Gasteiger partial charge in [0, 0.05) is 23.2 Å². The maximum atomic E-state index is 12.2. The van der Waals surface area contributed by atoms with Gasteiger partial charge in [-0.25, -0.2) is 4.99 Å². The lowest BCUT2D eigenvalue weighted by molar-refractivity contribution is -0.384. The molecule has 26 heavy (non-hydrogen) atoms. The van der Waals surface area contributed by atoms with Gasteiger partial charge >= 0.3 is 6.18 Å². The smallest absolute Gasteiger partial charge is 0.390 e. The van der Waals surface area contributed by atoms with E-state index in [1.165, 1.54) is 18.2 Å². The van der Waals surface area contributed by atoms with Crippen LogP contribution in [0.3, 0.4) is 0 Å². The van der Waals surface area contributed by atoms with Gasteiger partial charge in [-0.15, -0.1) is 0 Å². The largest absolute Gasteiger partial charge is 0.467 e. The third kappa shape index (κ3) is 4.16. The molecule has 10 heteroatoms. The molecule has 0 aromatic heterocycles. The van der Waals surface area contributed by atoms with Gasteiger partial charge in [-0.2, -0.15) is 13.2 Å². The molecule has 1 aromatic carbocycles. The topological polar surface area (TPSA) is 76.8 Å². The summed E-state index contributed by atoms with van der Waals surface area (Å²) < 4.78 is 42.4. The van der Waals surface area contributed by atoms with Crippen molar-refractivity contribution in [2.75, 3.05) is 11.9 Å². The number of halogens is 4. The van der Waals surface area contributed by atoms with Gasteiger partial charge < -0.3 is 10.1 Å². The van der Waals surface area contributed by atoms with Gasteiger partial charge in [-0.1, -0.05) is 11.6 Å². The van der Waals surface area contributed by atoms with E-state index >= 15 is 0 Å². The van der Waals surface area contributed by atoms with E-state index in [9.17, 15) is 23.3 Å². The van der Waals surface area contributed by atoms with Crippen LogP contribution in [0.4, 0.5) is 24.5 Å². The minimum absolute atomic E-state index is 0.00171.